The molecule has 2 N–H and O–H groups in total. The second kappa shape index (κ2) is 5.41. The highest BCUT2D eigenvalue weighted by Crippen LogP contribution is 2.32. The van der Waals surface area contributed by atoms with E-state index in [0.29, 0.717) is 13.2 Å². The maximum Gasteiger partial charge on any atom is 0.123 e. The largest absolute Gasteiger partial charge is 0.377 e. The summed E-state index contributed by atoms with van der Waals surface area (Å²) < 4.78 is 18.5. The number of rotatable bonds is 6. The minimum absolute atomic E-state index is 0.234. The lowest BCUT2D eigenvalue weighted by atomic mass is 10.1. The molecule has 0 radical (unpaired) electrons. The highest BCUT2D eigenvalue weighted by molar-refractivity contribution is 5.27. The summed E-state index contributed by atoms with van der Waals surface area (Å²) in [6, 6.07) is 4.70. The summed E-state index contributed by atoms with van der Waals surface area (Å²) in [7, 11) is 0. The van der Waals surface area contributed by atoms with Crippen LogP contribution in [-0.2, 0) is 17.9 Å². The first-order chi connectivity index (χ1) is 7.79. The summed E-state index contributed by atoms with van der Waals surface area (Å²) in [6.07, 6.45) is 3.86. The second-order valence-electron chi connectivity index (χ2n) is 4.40. The third kappa shape index (κ3) is 3.29. The van der Waals surface area contributed by atoms with Crippen molar-refractivity contribution in [1.29, 1.82) is 0 Å². The van der Waals surface area contributed by atoms with Crippen LogP contribution in [0.4, 0.5) is 4.39 Å². The molecule has 1 aliphatic rings. The zero-order valence-corrected chi connectivity index (χ0v) is 9.42. The first-order valence-corrected chi connectivity index (χ1v) is 5.84. The maximum absolute atomic E-state index is 12.9. The van der Waals surface area contributed by atoms with Crippen LogP contribution >= 0.6 is 0 Å². The van der Waals surface area contributed by atoms with Crippen LogP contribution in [0.25, 0.3) is 0 Å². The maximum atomic E-state index is 12.9. The normalized spacial score (nSPS) is 15.4. The van der Waals surface area contributed by atoms with Crippen molar-refractivity contribution in [3.63, 3.8) is 0 Å². The molecular formula is C13H18FNO. The van der Waals surface area contributed by atoms with Crippen LogP contribution in [-0.4, -0.2) is 6.61 Å². The van der Waals surface area contributed by atoms with Gasteiger partial charge in [-0.15, -0.1) is 0 Å². The lowest BCUT2D eigenvalue weighted by Crippen LogP contribution is -2.04. The minimum Gasteiger partial charge on any atom is -0.377 e. The molecule has 2 nitrogen and oxygen atoms in total. The minimum atomic E-state index is -0.234. The molecule has 0 unspecified atom stereocenters. The summed E-state index contributed by atoms with van der Waals surface area (Å²) in [4.78, 5) is 0. The summed E-state index contributed by atoms with van der Waals surface area (Å²) in [5, 5.41) is 0. The van der Waals surface area contributed by atoms with Crippen molar-refractivity contribution in [3.05, 3.63) is 35.1 Å². The van der Waals surface area contributed by atoms with Crippen LogP contribution in [0.3, 0.4) is 0 Å². The van der Waals surface area contributed by atoms with E-state index in [1.807, 2.05) is 0 Å². The quantitative estimate of drug-likeness (QED) is 0.752. The van der Waals surface area contributed by atoms with E-state index in [2.05, 4.69) is 0 Å². The van der Waals surface area contributed by atoms with Crippen molar-refractivity contribution in [2.24, 2.45) is 11.7 Å². The highest BCUT2D eigenvalue weighted by atomic mass is 19.1. The van der Waals surface area contributed by atoms with Crippen molar-refractivity contribution in [3.8, 4) is 0 Å². The van der Waals surface area contributed by atoms with Gasteiger partial charge in [0.15, 0.2) is 0 Å². The standard InChI is InChI=1S/C13H18FNO/c14-13-4-3-11(12(7-13)8-15)9-16-6-5-10-1-2-10/h3-4,7,10H,1-2,5-6,8-9,15H2. The number of hydrogen-bond donors (Lipinski definition) is 1. The first kappa shape index (κ1) is 11.6. The van der Waals surface area contributed by atoms with E-state index in [4.69, 9.17) is 10.5 Å². The number of hydrogen-bond acceptors (Lipinski definition) is 2. The zero-order chi connectivity index (χ0) is 11.4. The fourth-order valence-electron chi connectivity index (χ4n) is 1.76. The molecule has 0 heterocycles. The molecule has 0 amide bonds. The Bertz CT molecular complexity index is 350. The average Bonchev–Trinajstić information content (AvgIpc) is 3.09. The van der Waals surface area contributed by atoms with Gasteiger partial charge in [-0.1, -0.05) is 18.9 Å². The van der Waals surface area contributed by atoms with Gasteiger partial charge in [-0.3, -0.25) is 0 Å². The molecule has 88 valence electrons. The lowest BCUT2D eigenvalue weighted by molar-refractivity contribution is 0.114. The fraction of sp³-hybridized carbons (Fsp3) is 0.538. The molecule has 0 atom stereocenters. The van der Waals surface area contributed by atoms with Crippen molar-refractivity contribution in [2.75, 3.05) is 6.61 Å². The Kier molecular flexibility index (Phi) is 3.91. The van der Waals surface area contributed by atoms with Gasteiger partial charge < -0.3 is 10.5 Å². The van der Waals surface area contributed by atoms with Crippen molar-refractivity contribution >= 4 is 0 Å². The summed E-state index contributed by atoms with van der Waals surface area (Å²) in [6.45, 7) is 1.70. The van der Waals surface area contributed by atoms with Crippen LogP contribution in [0.2, 0.25) is 0 Å². The Morgan fingerprint density at radius 2 is 2.12 bits per heavy atom. The highest BCUT2D eigenvalue weighted by Gasteiger charge is 2.20. The Hall–Kier alpha value is -0.930. The number of ether oxygens (including phenoxy) is 1. The average molecular weight is 223 g/mol. The molecule has 0 aromatic heterocycles. The Morgan fingerprint density at radius 3 is 2.81 bits per heavy atom. The van der Waals surface area contributed by atoms with Crippen molar-refractivity contribution < 1.29 is 9.13 Å². The van der Waals surface area contributed by atoms with Crippen LogP contribution in [0.5, 0.6) is 0 Å². The summed E-state index contributed by atoms with van der Waals surface area (Å²) in [5.74, 6) is 0.657. The SMILES string of the molecule is NCc1cc(F)ccc1COCCC1CC1. The molecule has 1 saturated carbocycles. The predicted molar refractivity (Wildman–Crippen MR) is 61.3 cm³/mol. The van der Waals surface area contributed by atoms with Crippen molar-refractivity contribution in [1.82, 2.24) is 0 Å². The van der Waals surface area contributed by atoms with Gasteiger partial charge in [0.25, 0.3) is 0 Å². The molecule has 2 rings (SSSR count). The Morgan fingerprint density at radius 1 is 1.31 bits per heavy atom. The van der Waals surface area contributed by atoms with Gasteiger partial charge >= 0.3 is 0 Å². The molecule has 0 bridgehead atoms. The molecule has 1 aromatic rings. The zero-order valence-electron chi connectivity index (χ0n) is 9.42. The van der Waals surface area contributed by atoms with E-state index in [1.165, 1.54) is 25.0 Å². The van der Waals surface area contributed by atoms with Gasteiger partial charge in [0.1, 0.15) is 5.82 Å². The monoisotopic (exact) mass is 223 g/mol. The van der Waals surface area contributed by atoms with E-state index < -0.39 is 0 Å². The van der Waals surface area contributed by atoms with Crippen LogP contribution in [0, 0.1) is 11.7 Å². The molecule has 1 aromatic carbocycles. The molecule has 1 fully saturated rings. The number of nitrogens with two attached hydrogens (primary N) is 1. The van der Waals surface area contributed by atoms with Crippen LogP contribution < -0.4 is 5.73 Å². The second-order valence-corrected chi connectivity index (χ2v) is 4.40. The number of benzene rings is 1. The molecule has 1 aliphatic carbocycles. The predicted octanol–water partition coefficient (Wildman–Crippen LogP) is 2.60. The van der Waals surface area contributed by atoms with E-state index >= 15 is 0 Å². The lowest BCUT2D eigenvalue weighted by Gasteiger charge is -2.08. The Labute approximate surface area is 95.6 Å². The van der Waals surface area contributed by atoms with Gasteiger partial charge in [0, 0.05) is 13.2 Å². The van der Waals surface area contributed by atoms with Gasteiger partial charge in [0.05, 0.1) is 6.61 Å². The Balaban J connectivity index is 1.82. The topological polar surface area (TPSA) is 35.2 Å². The first-order valence-electron chi connectivity index (χ1n) is 5.84. The molecule has 0 saturated heterocycles. The smallest absolute Gasteiger partial charge is 0.123 e. The van der Waals surface area contributed by atoms with Gasteiger partial charge in [0.2, 0.25) is 0 Å². The van der Waals surface area contributed by atoms with E-state index in [9.17, 15) is 4.39 Å². The summed E-state index contributed by atoms with van der Waals surface area (Å²) >= 11 is 0. The van der Waals surface area contributed by atoms with Gasteiger partial charge in [-0.2, -0.15) is 0 Å². The van der Waals surface area contributed by atoms with Crippen molar-refractivity contribution in [2.45, 2.75) is 32.4 Å². The van der Waals surface area contributed by atoms with Gasteiger partial charge in [-0.25, -0.2) is 4.39 Å². The molecule has 0 aliphatic heterocycles. The van der Waals surface area contributed by atoms with E-state index in [-0.39, 0.29) is 5.82 Å². The molecule has 0 spiro atoms. The van der Waals surface area contributed by atoms with Gasteiger partial charge in [-0.05, 0) is 35.6 Å². The molecular weight excluding hydrogens is 205 g/mol. The van der Waals surface area contributed by atoms with E-state index in [1.54, 1.807) is 6.07 Å². The third-order valence-corrected chi connectivity index (χ3v) is 3.01. The fourth-order valence-corrected chi connectivity index (χ4v) is 1.76. The molecule has 3 heteroatoms. The molecule has 16 heavy (non-hydrogen) atoms. The van der Waals surface area contributed by atoms with Crippen LogP contribution in [0.15, 0.2) is 18.2 Å². The number of halogens is 1. The summed E-state index contributed by atoms with van der Waals surface area (Å²) in [5.41, 5.74) is 7.40. The van der Waals surface area contributed by atoms with E-state index in [0.717, 1.165) is 30.1 Å². The third-order valence-electron chi connectivity index (χ3n) is 3.01. The van der Waals surface area contributed by atoms with Crippen LogP contribution in [0.1, 0.15) is 30.4 Å².